The Hall–Kier alpha value is -2.35. The molecule has 4 nitrogen and oxygen atoms in total. The minimum absolute atomic E-state index is 0.250. The van der Waals surface area contributed by atoms with Crippen LogP contribution in [0.1, 0.15) is 18.6 Å². The Morgan fingerprint density at radius 3 is 2.30 bits per heavy atom. The van der Waals surface area contributed by atoms with Crippen LogP contribution < -0.4 is 4.74 Å². The molecule has 0 aliphatic heterocycles. The molecular formula is C16H17NO3. The summed E-state index contributed by atoms with van der Waals surface area (Å²) in [7, 11) is 0. The van der Waals surface area contributed by atoms with Crippen molar-refractivity contribution in [3.8, 4) is 17.6 Å². The summed E-state index contributed by atoms with van der Waals surface area (Å²) < 4.78 is 5.59. The summed E-state index contributed by atoms with van der Waals surface area (Å²) in [6.07, 6.45) is -1.12. The van der Waals surface area contributed by atoms with Crippen molar-refractivity contribution in [2.45, 2.75) is 13.0 Å². The Labute approximate surface area is 118 Å². The van der Waals surface area contributed by atoms with Crippen LogP contribution in [0.5, 0.6) is 11.5 Å². The van der Waals surface area contributed by atoms with Gasteiger partial charge in [-0.2, -0.15) is 5.26 Å². The lowest BCUT2D eigenvalue weighted by Crippen LogP contribution is -1.93. The van der Waals surface area contributed by atoms with E-state index >= 15 is 0 Å². The number of nitrogens with zero attached hydrogens (tertiary/aromatic N) is 1. The number of rotatable bonds is 3. The molecule has 0 fully saturated rings. The lowest BCUT2D eigenvalue weighted by molar-refractivity contribution is 0.235. The maximum atomic E-state index is 9.40. The topological polar surface area (TPSA) is 73.5 Å². The molecule has 2 rings (SSSR count). The van der Waals surface area contributed by atoms with Crippen molar-refractivity contribution in [3.63, 3.8) is 0 Å². The molecule has 2 aromatic carbocycles. The third-order valence-electron chi connectivity index (χ3n) is 2.28. The number of aliphatic hydroxyl groups excluding tert-OH is 2. The summed E-state index contributed by atoms with van der Waals surface area (Å²) in [6.45, 7) is 1.93. The first kappa shape index (κ1) is 15.7. The third-order valence-corrected chi connectivity index (χ3v) is 2.28. The summed E-state index contributed by atoms with van der Waals surface area (Å²) in [4.78, 5) is 0. The summed E-state index contributed by atoms with van der Waals surface area (Å²) in [5.74, 6) is 1.32. The number of aliphatic hydroxyl groups is 2. The number of ether oxygens (including phenoxy) is 1. The van der Waals surface area contributed by atoms with Gasteiger partial charge in [-0.25, -0.2) is 0 Å². The minimum Gasteiger partial charge on any atom is -0.457 e. The van der Waals surface area contributed by atoms with E-state index in [0.29, 0.717) is 11.3 Å². The third kappa shape index (κ3) is 5.11. The molecule has 1 unspecified atom stereocenters. The van der Waals surface area contributed by atoms with E-state index in [2.05, 4.69) is 0 Å². The second kappa shape index (κ2) is 8.70. The highest BCUT2D eigenvalue weighted by atomic mass is 16.5. The molecule has 0 bridgehead atoms. The van der Waals surface area contributed by atoms with Gasteiger partial charge in [0.25, 0.3) is 0 Å². The first-order chi connectivity index (χ1) is 9.71. The van der Waals surface area contributed by atoms with Gasteiger partial charge in [0.15, 0.2) is 6.10 Å². The van der Waals surface area contributed by atoms with Crippen molar-refractivity contribution < 1.29 is 14.9 Å². The molecule has 2 aromatic rings. The molecule has 104 valence electrons. The molecule has 0 aliphatic carbocycles. The zero-order valence-electron chi connectivity index (χ0n) is 11.2. The molecule has 0 aliphatic rings. The predicted octanol–water partition coefficient (Wildman–Crippen LogP) is 3.03. The van der Waals surface area contributed by atoms with E-state index in [1.54, 1.807) is 37.3 Å². The molecule has 0 radical (unpaired) electrons. The van der Waals surface area contributed by atoms with Gasteiger partial charge in [-0.15, -0.1) is 0 Å². The highest BCUT2D eigenvalue weighted by Crippen LogP contribution is 2.24. The smallest absolute Gasteiger partial charge is 0.166 e. The lowest BCUT2D eigenvalue weighted by atomic mass is 10.1. The fourth-order valence-electron chi connectivity index (χ4n) is 1.45. The van der Waals surface area contributed by atoms with Gasteiger partial charge in [0.2, 0.25) is 0 Å². The fraction of sp³-hybridized carbons (Fsp3) is 0.188. The Morgan fingerprint density at radius 2 is 1.70 bits per heavy atom. The van der Waals surface area contributed by atoms with Crippen LogP contribution >= 0.6 is 0 Å². The summed E-state index contributed by atoms with van der Waals surface area (Å²) in [6, 6.07) is 18.0. The number of benzene rings is 2. The fourth-order valence-corrected chi connectivity index (χ4v) is 1.45. The predicted molar refractivity (Wildman–Crippen MR) is 76.3 cm³/mol. The van der Waals surface area contributed by atoms with E-state index in [0.717, 1.165) is 5.75 Å². The maximum absolute atomic E-state index is 9.40. The van der Waals surface area contributed by atoms with Crippen molar-refractivity contribution in [1.82, 2.24) is 0 Å². The SMILES string of the molecule is CCO.N#CC(O)c1cccc(Oc2ccccc2)c1. The molecule has 0 saturated heterocycles. The van der Waals surface area contributed by atoms with Crippen LogP contribution in [-0.4, -0.2) is 16.8 Å². The number of hydrogen-bond donors (Lipinski definition) is 2. The van der Waals surface area contributed by atoms with Gasteiger partial charge in [0.1, 0.15) is 11.5 Å². The van der Waals surface area contributed by atoms with Gasteiger partial charge >= 0.3 is 0 Å². The number of para-hydroxylation sites is 1. The highest BCUT2D eigenvalue weighted by Gasteiger charge is 2.06. The van der Waals surface area contributed by atoms with Gasteiger partial charge in [0.05, 0.1) is 6.07 Å². The van der Waals surface area contributed by atoms with E-state index in [1.807, 2.05) is 30.3 Å². The van der Waals surface area contributed by atoms with Crippen molar-refractivity contribution in [3.05, 3.63) is 60.2 Å². The van der Waals surface area contributed by atoms with E-state index in [1.165, 1.54) is 0 Å². The normalized spacial score (nSPS) is 10.7. The van der Waals surface area contributed by atoms with Crippen LogP contribution in [0, 0.1) is 11.3 Å². The Kier molecular flexibility index (Phi) is 6.83. The van der Waals surface area contributed by atoms with E-state index in [-0.39, 0.29) is 6.61 Å². The van der Waals surface area contributed by atoms with Crippen LogP contribution in [0.3, 0.4) is 0 Å². The molecule has 1 atom stereocenters. The summed E-state index contributed by atoms with van der Waals surface area (Å²) in [5.41, 5.74) is 0.529. The zero-order valence-corrected chi connectivity index (χ0v) is 11.2. The highest BCUT2D eigenvalue weighted by molar-refractivity contribution is 5.35. The molecule has 4 heteroatoms. The first-order valence-electron chi connectivity index (χ1n) is 6.22. The molecule has 0 amide bonds. The zero-order chi connectivity index (χ0) is 14.8. The van der Waals surface area contributed by atoms with Gasteiger partial charge in [-0.3, -0.25) is 0 Å². The second-order valence-corrected chi connectivity index (χ2v) is 3.84. The Bertz CT molecular complexity index is 549. The Morgan fingerprint density at radius 1 is 1.10 bits per heavy atom. The average Bonchev–Trinajstić information content (AvgIpc) is 2.48. The monoisotopic (exact) mass is 271 g/mol. The van der Waals surface area contributed by atoms with Gasteiger partial charge in [-0.05, 0) is 36.8 Å². The molecule has 0 heterocycles. The largest absolute Gasteiger partial charge is 0.457 e. The average molecular weight is 271 g/mol. The molecule has 2 N–H and O–H groups in total. The van der Waals surface area contributed by atoms with Crippen molar-refractivity contribution >= 4 is 0 Å². The van der Waals surface area contributed by atoms with Gasteiger partial charge < -0.3 is 14.9 Å². The maximum Gasteiger partial charge on any atom is 0.166 e. The first-order valence-corrected chi connectivity index (χ1v) is 6.22. The van der Waals surface area contributed by atoms with Crippen LogP contribution in [-0.2, 0) is 0 Å². The van der Waals surface area contributed by atoms with Crippen LogP contribution in [0.15, 0.2) is 54.6 Å². The van der Waals surface area contributed by atoms with Crippen molar-refractivity contribution in [1.29, 1.82) is 5.26 Å². The lowest BCUT2D eigenvalue weighted by Gasteiger charge is -2.07. The standard InChI is InChI=1S/C14H11NO2.C2H6O/c15-10-14(16)11-5-4-8-13(9-11)17-12-6-2-1-3-7-12;1-2-3/h1-9,14,16H;3H,2H2,1H3. The summed E-state index contributed by atoms with van der Waals surface area (Å²) >= 11 is 0. The van der Waals surface area contributed by atoms with E-state index in [4.69, 9.17) is 15.1 Å². The quantitative estimate of drug-likeness (QED) is 0.841. The van der Waals surface area contributed by atoms with Gasteiger partial charge in [-0.1, -0.05) is 30.3 Å². The van der Waals surface area contributed by atoms with Crippen molar-refractivity contribution in [2.75, 3.05) is 6.61 Å². The van der Waals surface area contributed by atoms with E-state index < -0.39 is 6.10 Å². The summed E-state index contributed by atoms with van der Waals surface area (Å²) in [5, 5.41) is 25.6. The number of nitriles is 1. The minimum atomic E-state index is -1.12. The van der Waals surface area contributed by atoms with Crippen LogP contribution in [0.2, 0.25) is 0 Å². The molecule has 20 heavy (non-hydrogen) atoms. The van der Waals surface area contributed by atoms with E-state index in [9.17, 15) is 5.11 Å². The number of hydrogen-bond acceptors (Lipinski definition) is 4. The Balaban J connectivity index is 0.000000612. The van der Waals surface area contributed by atoms with Gasteiger partial charge in [0, 0.05) is 6.61 Å². The van der Waals surface area contributed by atoms with Crippen LogP contribution in [0.25, 0.3) is 0 Å². The molecular weight excluding hydrogens is 254 g/mol. The van der Waals surface area contributed by atoms with Crippen molar-refractivity contribution in [2.24, 2.45) is 0 Å². The molecule has 0 aromatic heterocycles. The molecule has 0 spiro atoms. The van der Waals surface area contributed by atoms with Crippen LogP contribution in [0.4, 0.5) is 0 Å². The second-order valence-electron chi connectivity index (χ2n) is 3.84. The molecule has 0 saturated carbocycles.